The van der Waals surface area contributed by atoms with Gasteiger partial charge in [0.15, 0.2) is 0 Å². The second-order valence-corrected chi connectivity index (χ2v) is 7.73. The Kier molecular flexibility index (Phi) is 7.10. The van der Waals surface area contributed by atoms with E-state index in [4.69, 9.17) is 9.47 Å². The first kappa shape index (κ1) is 24.2. The fraction of sp³-hybridized carbons (Fsp3) is 0.111. The molecule has 0 aliphatic carbocycles. The molecule has 0 spiro atoms. The summed E-state index contributed by atoms with van der Waals surface area (Å²) < 4.78 is 11.1. The summed E-state index contributed by atoms with van der Waals surface area (Å²) >= 11 is 0. The maximum Gasteiger partial charge on any atom is 0.335 e. The molecular weight excluding hydrogens is 464 g/mol. The van der Waals surface area contributed by atoms with Crippen molar-refractivity contribution in [3.8, 4) is 11.5 Å². The van der Waals surface area contributed by atoms with Crippen LogP contribution in [0.4, 0.5) is 10.5 Å². The van der Waals surface area contributed by atoms with E-state index in [1.807, 2.05) is 6.92 Å². The van der Waals surface area contributed by atoms with E-state index < -0.39 is 23.8 Å². The van der Waals surface area contributed by atoms with Gasteiger partial charge in [-0.3, -0.25) is 14.9 Å². The number of amides is 4. The van der Waals surface area contributed by atoms with Crippen LogP contribution < -0.4 is 24.8 Å². The van der Waals surface area contributed by atoms with E-state index >= 15 is 0 Å². The molecule has 1 aliphatic rings. The lowest BCUT2D eigenvalue weighted by molar-refractivity contribution is -0.255. The van der Waals surface area contributed by atoms with Crippen LogP contribution in [0.25, 0.3) is 6.08 Å². The molecule has 1 fully saturated rings. The summed E-state index contributed by atoms with van der Waals surface area (Å²) in [5.41, 5.74) is 1.52. The predicted molar refractivity (Wildman–Crippen MR) is 128 cm³/mol. The zero-order valence-electron chi connectivity index (χ0n) is 19.2. The van der Waals surface area contributed by atoms with Gasteiger partial charge in [0, 0.05) is 0 Å². The SMILES string of the molecule is CCOc1ccc(N2C(=O)NC(=O)/C(=C\c3ccc(OCc4ccc(C(=O)[O-])cc4)cc3)C2=O)cc1. The Morgan fingerprint density at radius 3 is 2.11 bits per heavy atom. The number of imide groups is 2. The Balaban J connectivity index is 1.46. The fourth-order valence-electron chi connectivity index (χ4n) is 3.48. The van der Waals surface area contributed by atoms with Gasteiger partial charge in [0.25, 0.3) is 11.8 Å². The van der Waals surface area contributed by atoms with E-state index in [0.717, 1.165) is 10.5 Å². The minimum atomic E-state index is -1.25. The number of carbonyl (C=O) groups is 4. The number of rotatable bonds is 8. The molecule has 1 saturated heterocycles. The number of carboxylic acids is 1. The van der Waals surface area contributed by atoms with Crippen molar-refractivity contribution in [2.24, 2.45) is 0 Å². The largest absolute Gasteiger partial charge is 0.545 e. The molecule has 1 aliphatic heterocycles. The van der Waals surface area contributed by atoms with Gasteiger partial charge >= 0.3 is 6.03 Å². The Hall–Kier alpha value is -4.92. The first-order chi connectivity index (χ1) is 17.4. The number of barbiturate groups is 1. The third kappa shape index (κ3) is 5.41. The Labute approximate surface area is 206 Å². The van der Waals surface area contributed by atoms with Gasteiger partial charge in [0.1, 0.15) is 23.7 Å². The molecule has 0 aromatic heterocycles. The molecule has 0 atom stereocenters. The molecular formula is C27H21N2O7-. The first-order valence-corrected chi connectivity index (χ1v) is 11.0. The molecule has 0 unspecified atom stereocenters. The molecule has 9 nitrogen and oxygen atoms in total. The van der Waals surface area contributed by atoms with E-state index in [2.05, 4.69) is 5.32 Å². The molecule has 1 N–H and O–H groups in total. The number of nitrogens with one attached hydrogen (secondary N) is 1. The van der Waals surface area contributed by atoms with Gasteiger partial charge in [-0.25, -0.2) is 9.69 Å². The van der Waals surface area contributed by atoms with Crippen LogP contribution in [0.2, 0.25) is 0 Å². The molecule has 4 rings (SSSR count). The molecule has 0 saturated carbocycles. The summed E-state index contributed by atoms with van der Waals surface area (Å²) in [6.45, 7) is 2.54. The van der Waals surface area contributed by atoms with Crippen LogP contribution in [0, 0.1) is 0 Å². The van der Waals surface area contributed by atoms with Gasteiger partial charge < -0.3 is 19.4 Å². The van der Waals surface area contributed by atoms with Gasteiger partial charge in [-0.05, 0) is 66.1 Å². The smallest absolute Gasteiger partial charge is 0.335 e. The Bertz CT molecular complexity index is 1330. The number of anilines is 1. The quantitative estimate of drug-likeness (QED) is 0.384. The number of ether oxygens (including phenoxy) is 2. The molecule has 9 heteroatoms. The number of nitrogens with zero attached hydrogens (tertiary/aromatic N) is 1. The van der Waals surface area contributed by atoms with Crippen LogP contribution in [0.1, 0.15) is 28.4 Å². The second-order valence-electron chi connectivity index (χ2n) is 7.73. The molecule has 0 bridgehead atoms. The van der Waals surface area contributed by atoms with Crippen molar-refractivity contribution >= 4 is 35.6 Å². The van der Waals surface area contributed by atoms with E-state index in [0.29, 0.717) is 29.4 Å². The van der Waals surface area contributed by atoms with Gasteiger partial charge in [-0.15, -0.1) is 0 Å². The fourth-order valence-corrected chi connectivity index (χ4v) is 3.48. The van der Waals surface area contributed by atoms with Crippen molar-refractivity contribution in [1.82, 2.24) is 5.32 Å². The van der Waals surface area contributed by atoms with Gasteiger partial charge in [-0.1, -0.05) is 36.4 Å². The van der Waals surface area contributed by atoms with Gasteiger partial charge in [0.05, 0.1) is 18.3 Å². The summed E-state index contributed by atoms with van der Waals surface area (Å²) in [6.07, 6.45) is 1.40. The average molecular weight is 485 g/mol. The summed E-state index contributed by atoms with van der Waals surface area (Å²) in [5.74, 6) is -1.65. The standard InChI is InChI=1S/C27H22N2O7/c1-2-35-21-13-9-20(10-14-21)29-25(31)23(24(30)28-27(29)34)15-17-5-11-22(12-6-17)36-16-18-3-7-19(8-4-18)26(32)33/h3-15H,2,16H2,1H3,(H,32,33)(H,28,30,34)/p-1/b23-15+. The van der Waals surface area contributed by atoms with Gasteiger partial charge in [0.2, 0.25) is 0 Å². The zero-order chi connectivity index (χ0) is 25.7. The number of aromatic carboxylic acids is 1. The molecule has 4 amide bonds. The van der Waals surface area contributed by atoms with Crippen molar-refractivity contribution in [3.63, 3.8) is 0 Å². The third-order valence-electron chi connectivity index (χ3n) is 5.29. The highest BCUT2D eigenvalue weighted by Crippen LogP contribution is 2.25. The van der Waals surface area contributed by atoms with Crippen LogP contribution in [-0.4, -0.2) is 30.4 Å². The van der Waals surface area contributed by atoms with Crippen LogP contribution in [-0.2, 0) is 16.2 Å². The third-order valence-corrected chi connectivity index (χ3v) is 5.29. The minimum Gasteiger partial charge on any atom is -0.545 e. The monoisotopic (exact) mass is 485 g/mol. The predicted octanol–water partition coefficient (Wildman–Crippen LogP) is 2.69. The van der Waals surface area contributed by atoms with E-state index in [1.165, 1.54) is 18.2 Å². The van der Waals surface area contributed by atoms with Gasteiger partial charge in [-0.2, -0.15) is 0 Å². The molecule has 182 valence electrons. The topological polar surface area (TPSA) is 125 Å². The van der Waals surface area contributed by atoms with E-state index in [1.54, 1.807) is 60.7 Å². The highest BCUT2D eigenvalue weighted by atomic mass is 16.5. The van der Waals surface area contributed by atoms with Crippen molar-refractivity contribution < 1.29 is 33.8 Å². The molecule has 0 radical (unpaired) electrons. The average Bonchev–Trinajstić information content (AvgIpc) is 2.87. The van der Waals surface area contributed by atoms with Crippen LogP contribution in [0.15, 0.2) is 78.4 Å². The van der Waals surface area contributed by atoms with Crippen molar-refractivity contribution in [2.75, 3.05) is 11.5 Å². The minimum absolute atomic E-state index is 0.0835. The highest BCUT2D eigenvalue weighted by Gasteiger charge is 2.36. The van der Waals surface area contributed by atoms with Crippen LogP contribution in [0.3, 0.4) is 0 Å². The summed E-state index contributed by atoms with van der Waals surface area (Å²) in [5, 5.41) is 13.0. The van der Waals surface area contributed by atoms with Crippen molar-refractivity contribution in [2.45, 2.75) is 13.5 Å². The summed E-state index contributed by atoms with van der Waals surface area (Å²) in [4.78, 5) is 49.5. The van der Waals surface area contributed by atoms with Crippen LogP contribution in [0.5, 0.6) is 11.5 Å². The van der Waals surface area contributed by atoms with E-state index in [-0.39, 0.29) is 17.7 Å². The highest BCUT2D eigenvalue weighted by molar-refractivity contribution is 6.39. The summed E-state index contributed by atoms with van der Waals surface area (Å²) in [7, 11) is 0. The van der Waals surface area contributed by atoms with E-state index in [9.17, 15) is 24.3 Å². The van der Waals surface area contributed by atoms with Crippen LogP contribution >= 0.6 is 0 Å². The number of hydrogen-bond acceptors (Lipinski definition) is 7. The molecule has 1 heterocycles. The summed E-state index contributed by atoms with van der Waals surface area (Å²) in [6, 6.07) is 18.4. The second kappa shape index (κ2) is 10.6. The normalized spacial score (nSPS) is 14.5. The maximum atomic E-state index is 13.0. The van der Waals surface area contributed by atoms with Crippen molar-refractivity contribution in [1.29, 1.82) is 0 Å². The molecule has 3 aromatic rings. The molecule has 3 aromatic carbocycles. The zero-order valence-corrected chi connectivity index (χ0v) is 19.2. The number of urea groups is 1. The molecule has 36 heavy (non-hydrogen) atoms. The number of benzene rings is 3. The lowest BCUT2D eigenvalue weighted by Crippen LogP contribution is -2.54. The lowest BCUT2D eigenvalue weighted by Gasteiger charge is -2.26. The Morgan fingerprint density at radius 2 is 1.50 bits per heavy atom. The number of hydrogen-bond donors (Lipinski definition) is 1. The number of carboxylic acid groups (broad SMARTS) is 1. The first-order valence-electron chi connectivity index (χ1n) is 11.0. The lowest BCUT2D eigenvalue weighted by atomic mass is 10.1. The van der Waals surface area contributed by atoms with Crippen molar-refractivity contribution in [3.05, 3.63) is 95.1 Å². The number of carbonyl (C=O) groups excluding carboxylic acids is 4. The Morgan fingerprint density at radius 1 is 0.889 bits per heavy atom. The maximum absolute atomic E-state index is 13.0.